The maximum Gasteiger partial charge on any atom is 0.272 e. The van der Waals surface area contributed by atoms with Crippen LogP contribution in [-0.2, 0) is 4.74 Å². The number of aryl methyl sites for hydroxylation is 1. The number of nitrogens with one attached hydrogen (secondary N) is 1. The van der Waals surface area contributed by atoms with E-state index in [0.717, 1.165) is 41.5 Å². The van der Waals surface area contributed by atoms with Crippen molar-refractivity contribution in [1.29, 1.82) is 0 Å². The highest BCUT2D eigenvalue weighted by Crippen LogP contribution is 2.53. The van der Waals surface area contributed by atoms with Crippen LogP contribution in [0.1, 0.15) is 42.3 Å². The first-order chi connectivity index (χ1) is 16.8. The molecule has 0 radical (unpaired) electrons. The van der Waals surface area contributed by atoms with E-state index in [0.29, 0.717) is 30.8 Å². The van der Waals surface area contributed by atoms with E-state index in [4.69, 9.17) is 16.3 Å². The van der Waals surface area contributed by atoms with Crippen LogP contribution in [0.3, 0.4) is 0 Å². The fourth-order valence-corrected chi connectivity index (χ4v) is 5.62. The molecule has 3 aliphatic rings. The van der Waals surface area contributed by atoms with Crippen molar-refractivity contribution in [1.82, 2.24) is 24.6 Å². The van der Waals surface area contributed by atoms with Gasteiger partial charge in [-0.15, -0.1) is 0 Å². The fourth-order valence-electron chi connectivity index (χ4n) is 5.36. The van der Waals surface area contributed by atoms with Crippen molar-refractivity contribution in [3.8, 4) is 0 Å². The predicted octanol–water partition coefficient (Wildman–Crippen LogP) is 4.05. The molecule has 1 aromatic carbocycles. The highest BCUT2D eigenvalue weighted by Gasteiger charge is 2.59. The molecule has 0 bridgehead atoms. The number of ether oxygens (including phenoxy) is 1. The van der Waals surface area contributed by atoms with Crippen LogP contribution in [0.5, 0.6) is 0 Å². The number of fused-ring (bicyclic) bond motifs is 1. The Hall–Kier alpha value is -2.40. The molecule has 35 heavy (non-hydrogen) atoms. The third-order valence-electron chi connectivity index (χ3n) is 7.50. The van der Waals surface area contributed by atoms with E-state index in [2.05, 4.69) is 44.3 Å². The monoisotopic (exact) mass is 504 g/mol. The average molecular weight is 505 g/mol. The third kappa shape index (κ3) is 4.26. The molecule has 2 aromatic heterocycles. The lowest BCUT2D eigenvalue weighted by Gasteiger charge is -2.37. The van der Waals surface area contributed by atoms with E-state index >= 15 is 0 Å². The summed E-state index contributed by atoms with van der Waals surface area (Å²) in [4.78, 5) is 11.4. The summed E-state index contributed by atoms with van der Waals surface area (Å²) in [6, 6.07) is 3.33. The summed E-state index contributed by atoms with van der Waals surface area (Å²) in [5.41, 5.74) is 3.68. The molecular weight excluding hydrogens is 478 g/mol. The van der Waals surface area contributed by atoms with Crippen molar-refractivity contribution in [3.05, 3.63) is 40.8 Å². The Morgan fingerprint density at radius 1 is 1.20 bits per heavy atom. The molecule has 0 unspecified atom stereocenters. The average Bonchev–Trinajstić information content (AvgIpc) is 3.11. The van der Waals surface area contributed by atoms with Gasteiger partial charge in [-0.25, -0.2) is 23.4 Å². The fraction of sp³-hybridized carbons (Fsp3) is 0.542. The molecule has 4 heterocycles. The molecule has 0 amide bonds. The van der Waals surface area contributed by atoms with Gasteiger partial charge in [0, 0.05) is 18.0 Å². The number of hydrogen-bond acceptors (Lipinski definition) is 7. The first kappa shape index (κ1) is 23.0. The number of rotatable bonds is 5. The van der Waals surface area contributed by atoms with Crippen LogP contribution >= 0.6 is 11.6 Å². The zero-order chi connectivity index (χ0) is 24.3. The Bertz CT molecular complexity index is 1260. The van der Waals surface area contributed by atoms with E-state index in [1.807, 2.05) is 0 Å². The lowest BCUT2D eigenvalue weighted by atomic mass is 9.85. The number of halogens is 3. The topological polar surface area (TPSA) is 88.3 Å². The van der Waals surface area contributed by atoms with Gasteiger partial charge in [-0.05, 0) is 62.0 Å². The Labute approximate surface area is 206 Å². The number of anilines is 2. The SMILES string of the molecule is Cc1cc2cnc(Nc3cnn([C@H]4CC4(F)F)c3Cl)nc2cc1C1CCN([C@@H]2COC[C@@H]2O)CC1. The smallest absolute Gasteiger partial charge is 0.272 e. The van der Waals surface area contributed by atoms with Gasteiger partial charge in [0.25, 0.3) is 5.92 Å². The number of alkyl halides is 2. The molecule has 2 N–H and O–H groups in total. The van der Waals surface area contributed by atoms with Gasteiger partial charge in [0.05, 0.1) is 42.8 Å². The zero-order valence-electron chi connectivity index (χ0n) is 19.3. The molecule has 1 aliphatic carbocycles. The molecule has 3 fully saturated rings. The van der Waals surface area contributed by atoms with Gasteiger partial charge in [-0.3, -0.25) is 4.90 Å². The Morgan fingerprint density at radius 2 is 1.97 bits per heavy atom. The second kappa shape index (κ2) is 8.62. The van der Waals surface area contributed by atoms with E-state index in [9.17, 15) is 13.9 Å². The van der Waals surface area contributed by atoms with Gasteiger partial charge in [-0.1, -0.05) is 11.6 Å². The van der Waals surface area contributed by atoms with Crippen molar-refractivity contribution in [2.75, 3.05) is 31.6 Å². The summed E-state index contributed by atoms with van der Waals surface area (Å²) in [6.45, 7) is 4.98. The lowest BCUT2D eigenvalue weighted by molar-refractivity contribution is 0.0663. The second-order valence-corrected chi connectivity index (χ2v) is 10.2. The molecular formula is C24H27ClF2N6O2. The number of benzene rings is 1. The van der Waals surface area contributed by atoms with Crippen molar-refractivity contribution in [2.45, 2.75) is 56.2 Å². The van der Waals surface area contributed by atoms with Crippen LogP contribution in [0.15, 0.2) is 24.5 Å². The standard InChI is InChI=1S/C24H27ClF2N6O2/c1-13-6-15-9-28-23(31-18-10-29-33(22(18)25)21-8-24(21,26)27)30-17(15)7-16(13)14-2-4-32(5-3-14)19-11-35-12-20(19)34/h6-7,9-10,14,19-21,34H,2-5,8,11-12H2,1H3,(H,28,30,31)/t19-,20+,21+/m1/s1. The molecule has 2 saturated heterocycles. The lowest BCUT2D eigenvalue weighted by Crippen LogP contribution is -2.46. The number of aliphatic hydroxyl groups excluding tert-OH is 1. The molecule has 2 aliphatic heterocycles. The minimum Gasteiger partial charge on any atom is -0.389 e. The van der Waals surface area contributed by atoms with Gasteiger partial charge in [0.1, 0.15) is 6.04 Å². The van der Waals surface area contributed by atoms with Crippen molar-refractivity contribution >= 4 is 34.1 Å². The van der Waals surface area contributed by atoms with Gasteiger partial charge < -0.3 is 15.2 Å². The van der Waals surface area contributed by atoms with Crippen LogP contribution in [-0.4, -0.2) is 74.1 Å². The van der Waals surface area contributed by atoms with Gasteiger partial charge in [0.15, 0.2) is 5.15 Å². The normalized spacial score (nSPS) is 26.9. The van der Waals surface area contributed by atoms with E-state index in [1.54, 1.807) is 6.20 Å². The minimum atomic E-state index is -2.76. The molecule has 0 spiro atoms. The summed E-state index contributed by atoms with van der Waals surface area (Å²) < 4.78 is 33.4. The Morgan fingerprint density at radius 3 is 2.66 bits per heavy atom. The van der Waals surface area contributed by atoms with Gasteiger partial charge in [0.2, 0.25) is 5.95 Å². The largest absolute Gasteiger partial charge is 0.389 e. The number of hydrogen-bond donors (Lipinski definition) is 2. The quantitative estimate of drug-likeness (QED) is 0.542. The van der Waals surface area contributed by atoms with Crippen molar-refractivity contribution in [3.63, 3.8) is 0 Å². The molecule has 8 nitrogen and oxygen atoms in total. The Kier molecular flexibility index (Phi) is 5.67. The molecule has 186 valence electrons. The minimum absolute atomic E-state index is 0.0948. The second-order valence-electron chi connectivity index (χ2n) is 9.84. The Balaban J connectivity index is 1.19. The number of piperidine rings is 1. The summed E-state index contributed by atoms with van der Waals surface area (Å²) in [7, 11) is 0. The molecule has 6 rings (SSSR count). The number of nitrogens with zero attached hydrogens (tertiary/aromatic N) is 5. The van der Waals surface area contributed by atoms with Crippen LogP contribution < -0.4 is 5.32 Å². The summed E-state index contributed by atoms with van der Waals surface area (Å²) in [6.07, 6.45) is 4.52. The molecule has 1 saturated carbocycles. The molecule has 3 aromatic rings. The summed E-state index contributed by atoms with van der Waals surface area (Å²) in [5, 5.41) is 18.2. The highest BCUT2D eigenvalue weighted by atomic mass is 35.5. The van der Waals surface area contributed by atoms with E-state index in [-0.39, 0.29) is 17.6 Å². The maximum atomic E-state index is 13.4. The zero-order valence-corrected chi connectivity index (χ0v) is 20.0. The van der Waals surface area contributed by atoms with Crippen molar-refractivity contribution in [2.24, 2.45) is 0 Å². The van der Waals surface area contributed by atoms with Crippen LogP contribution in [0, 0.1) is 6.92 Å². The van der Waals surface area contributed by atoms with Crippen LogP contribution in [0.2, 0.25) is 5.15 Å². The maximum absolute atomic E-state index is 13.4. The van der Waals surface area contributed by atoms with E-state index in [1.165, 1.54) is 17.3 Å². The van der Waals surface area contributed by atoms with Crippen LogP contribution in [0.4, 0.5) is 20.4 Å². The summed E-state index contributed by atoms with van der Waals surface area (Å²) >= 11 is 6.29. The highest BCUT2D eigenvalue weighted by molar-refractivity contribution is 6.32. The molecule has 11 heteroatoms. The third-order valence-corrected chi connectivity index (χ3v) is 7.87. The number of likely N-dealkylation sites (tertiary alicyclic amines) is 1. The van der Waals surface area contributed by atoms with E-state index < -0.39 is 18.1 Å². The predicted molar refractivity (Wildman–Crippen MR) is 128 cm³/mol. The first-order valence-corrected chi connectivity index (χ1v) is 12.3. The number of aromatic nitrogens is 4. The van der Waals surface area contributed by atoms with Gasteiger partial charge in [-0.2, -0.15) is 5.10 Å². The summed E-state index contributed by atoms with van der Waals surface area (Å²) in [5.74, 6) is -2.02. The first-order valence-electron chi connectivity index (χ1n) is 11.9. The van der Waals surface area contributed by atoms with Crippen molar-refractivity contribution < 1.29 is 18.6 Å². The number of aliphatic hydroxyl groups is 1. The molecule has 3 atom stereocenters. The van der Waals surface area contributed by atoms with Crippen LogP contribution in [0.25, 0.3) is 10.9 Å². The van der Waals surface area contributed by atoms with Gasteiger partial charge >= 0.3 is 0 Å².